The highest BCUT2D eigenvalue weighted by Crippen LogP contribution is 2.53. The van der Waals surface area contributed by atoms with Gasteiger partial charge in [0, 0.05) is 11.7 Å². The summed E-state index contributed by atoms with van der Waals surface area (Å²) in [7, 11) is 0. The van der Waals surface area contributed by atoms with Crippen LogP contribution in [-0.2, 0) is 6.42 Å². The maximum Gasteiger partial charge on any atom is 0.138 e. The van der Waals surface area contributed by atoms with Crippen LogP contribution in [0.2, 0.25) is 0 Å². The minimum Gasteiger partial charge on any atom is -0.492 e. The smallest absolute Gasteiger partial charge is 0.138 e. The molecular weight excluding hydrogens is 312 g/mol. The van der Waals surface area contributed by atoms with Crippen molar-refractivity contribution in [3.05, 3.63) is 30.1 Å². The second kappa shape index (κ2) is 6.31. The maximum atomic E-state index is 10.7. The molecule has 0 aromatic carbocycles. The van der Waals surface area contributed by atoms with Crippen molar-refractivity contribution in [1.82, 2.24) is 4.98 Å². The Morgan fingerprint density at radius 1 is 1.36 bits per heavy atom. The Morgan fingerprint density at radius 3 is 2.80 bits per heavy atom. The summed E-state index contributed by atoms with van der Waals surface area (Å²) in [4.78, 5) is 7.00. The zero-order chi connectivity index (χ0) is 17.6. The van der Waals surface area contributed by atoms with Gasteiger partial charge in [0.05, 0.1) is 18.4 Å². The van der Waals surface area contributed by atoms with E-state index < -0.39 is 5.60 Å². The van der Waals surface area contributed by atoms with Gasteiger partial charge in [-0.3, -0.25) is 0 Å². The molecule has 0 saturated heterocycles. The number of aryl methyl sites for hydroxylation is 1. The maximum absolute atomic E-state index is 10.7. The largest absolute Gasteiger partial charge is 0.492 e. The van der Waals surface area contributed by atoms with Gasteiger partial charge in [-0.2, -0.15) is 0 Å². The predicted octanol–water partition coefficient (Wildman–Crippen LogP) is 4.08. The molecule has 1 aromatic heterocycles. The lowest BCUT2D eigenvalue weighted by molar-refractivity contribution is -0.0662. The molecule has 25 heavy (non-hydrogen) atoms. The molecule has 1 aromatic rings. The Morgan fingerprint density at radius 2 is 2.12 bits per heavy atom. The average molecular weight is 342 g/mol. The van der Waals surface area contributed by atoms with E-state index in [9.17, 15) is 5.11 Å². The van der Waals surface area contributed by atoms with Gasteiger partial charge in [-0.1, -0.05) is 20.4 Å². The van der Waals surface area contributed by atoms with E-state index in [2.05, 4.69) is 31.4 Å². The van der Waals surface area contributed by atoms with Gasteiger partial charge >= 0.3 is 0 Å². The molecule has 2 fully saturated rings. The molecule has 0 bridgehead atoms. The van der Waals surface area contributed by atoms with Crippen LogP contribution in [0.5, 0.6) is 5.75 Å². The number of anilines is 1. The number of aliphatic hydroxyl groups is 1. The Kier molecular flexibility index (Phi) is 4.27. The third-order valence-corrected chi connectivity index (χ3v) is 6.01. The highest BCUT2D eigenvalue weighted by Gasteiger charge is 2.54. The van der Waals surface area contributed by atoms with Crippen molar-refractivity contribution >= 4 is 5.82 Å². The molecule has 4 nitrogen and oxygen atoms in total. The zero-order valence-electron chi connectivity index (χ0n) is 15.5. The van der Waals surface area contributed by atoms with Crippen LogP contribution < -0.4 is 9.64 Å². The summed E-state index contributed by atoms with van der Waals surface area (Å²) in [5, 5.41) is 10.7. The number of aromatic nitrogens is 1. The first-order chi connectivity index (χ1) is 12.0. The number of rotatable bonds is 6. The van der Waals surface area contributed by atoms with Crippen LogP contribution >= 0.6 is 0 Å². The van der Waals surface area contributed by atoms with Crippen LogP contribution in [0.25, 0.3) is 0 Å². The molecule has 2 saturated carbocycles. The van der Waals surface area contributed by atoms with Crippen molar-refractivity contribution < 1.29 is 9.84 Å². The lowest BCUT2D eigenvalue weighted by Gasteiger charge is -2.51. The second-order valence-corrected chi connectivity index (χ2v) is 8.56. The van der Waals surface area contributed by atoms with Gasteiger partial charge in [-0.05, 0) is 68.4 Å². The summed E-state index contributed by atoms with van der Waals surface area (Å²) in [6, 6.07) is 2.49. The number of fused-ring (bicyclic) bond motifs is 1. The van der Waals surface area contributed by atoms with E-state index in [-0.39, 0.29) is 0 Å². The SMILES string of the molecule is C=C1CCc2cc(OCCC(C)C)cnc2N1C1CC(O)(C2CC2)C1. The lowest BCUT2D eigenvalue weighted by Crippen LogP contribution is -2.57. The van der Waals surface area contributed by atoms with E-state index in [4.69, 9.17) is 9.72 Å². The molecule has 136 valence electrons. The predicted molar refractivity (Wildman–Crippen MR) is 99.8 cm³/mol. The fraction of sp³-hybridized carbons (Fsp3) is 0.667. The van der Waals surface area contributed by atoms with Gasteiger partial charge in [-0.25, -0.2) is 4.98 Å². The van der Waals surface area contributed by atoms with Crippen LogP contribution in [0.15, 0.2) is 24.5 Å². The summed E-state index contributed by atoms with van der Waals surface area (Å²) in [5.74, 6) is 3.07. The van der Waals surface area contributed by atoms with Crippen molar-refractivity contribution in [2.45, 2.75) is 70.4 Å². The first-order valence-electron chi connectivity index (χ1n) is 9.77. The molecular formula is C21H30N2O2. The van der Waals surface area contributed by atoms with Gasteiger partial charge in [0.1, 0.15) is 11.6 Å². The van der Waals surface area contributed by atoms with E-state index in [1.807, 2.05) is 6.20 Å². The summed E-state index contributed by atoms with van der Waals surface area (Å²) in [5.41, 5.74) is 1.95. The summed E-state index contributed by atoms with van der Waals surface area (Å²) < 4.78 is 5.88. The van der Waals surface area contributed by atoms with Crippen LogP contribution in [0.4, 0.5) is 5.82 Å². The second-order valence-electron chi connectivity index (χ2n) is 8.56. The van der Waals surface area contributed by atoms with Crippen molar-refractivity contribution in [2.75, 3.05) is 11.5 Å². The lowest BCUT2D eigenvalue weighted by atomic mass is 9.71. The van der Waals surface area contributed by atoms with Crippen LogP contribution in [-0.4, -0.2) is 28.3 Å². The van der Waals surface area contributed by atoms with Gasteiger partial charge in [0.25, 0.3) is 0 Å². The molecule has 0 amide bonds. The number of ether oxygens (including phenoxy) is 1. The molecule has 2 aliphatic carbocycles. The van der Waals surface area contributed by atoms with Gasteiger partial charge < -0.3 is 14.7 Å². The highest BCUT2D eigenvalue weighted by molar-refractivity contribution is 5.58. The van der Waals surface area contributed by atoms with Gasteiger partial charge in [0.15, 0.2) is 0 Å². The third-order valence-electron chi connectivity index (χ3n) is 6.01. The number of hydrogen-bond acceptors (Lipinski definition) is 4. The molecule has 0 radical (unpaired) electrons. The van der Waals surface area contributed by atoms with Crippen molar-refractivity contribution in [2.24, 2.45) is 11.8 Å². The highest BCUT2D eigenvalue weighted by atomic mass is 16.5. The zero-order valence-corrected chi connectivity index (χ0v) is 15.5. The average Bonchev–Trinajstić information content (AvgIpc) is 3.37. The first kappa shape index (κ1) is 16.9. The summed E-state index contributed by atoms with van der Waals surface area (Å²) in [6.45, 7) is 9.43. The van der Waals surface area contributed by atoms with Gasteiger partial charge in [-0.15, -0.1) is 0 Å². The Hall–Kier alpha value is -1.55. The fourth-order valence-corrected chi connectivity index (χ4v) is 4.25. The molecule has 2 heterocycles. The van der Waals surface area contributed by atoms with Crippen LogP contribution in [0.1, 0.15) is 57.9 Å². The van der Waals surface area contributed by atoms with Crippen LogP contribution in [0, 0.1) is 11.8 Å². The Balaban J connectivity index is 1.47. The minimum absolute atomic E-state index is 0.345. The molecule has 0 atom stereocenters. The molecule has 1 aliphatic heterocycles. The summed E-state index contributed by atoms with van der Waals surface area (Å²) >= 11 is 0. The van der Waals surface area contributed by atoms with E-state index in [0.717, 1.165) is 56.0 Å². The van der Waals surface area contributed by atoms with E-state index >= 15 is 0 Å². The number of nitrogens with zero attached hydrogens (tertiary/aromatic N) is 2. The van der Waals surface area contributed by atoms with Gasteiger partial charge in [0.2, 0.25) is 0 Å². The summed E-state index contributed by atoms with van der Waals surface area (Å²) in [6.07, 6.45) is 8.92. The molecule has 4 heteroatoms. The van der Waals surface area contributed by atoms with Crippen molar-refractivity contribution in [1.29, 1.82) is 0 Å². The normalized spacial score (nSPS) is 28.7. The third kappa shape index (κ3) is 3.29. The number of pyridine rings is 1. The molecule has 1 N–H and O–H groups in total. The van der Waals surface area contributed by atoms with Crippen molar-refractivity contribution in [3.8, 4) is 5.75 Å². The fourth-order valence-electron chi connectivity index (χ4n) is 4.25. The van der Waals surface area contributed by atoms with E-state index in [1.54, 1.807) is 0 Å². The molecule has 4 rings (SSSR count). The van der Waals surface area contributed by atoms with E-state index in [0.29, 0.717) is 17.9 Å². The number of allylic oxidation sites excluding steroid dienone is 1. The topological polar surface area (TPSA) is 45.6 Å². The standard InChI is InChI=1S/C21H30N2O2/c1-14(2)8-9-25-19-10-16-5-4-15(3)23(20(16)22-13-19)18-11-21(24,12-18)17-6-7-17/h10,13-14,17-18,24H,3-9,11-12H2,1-2H3. The molecule has 3 aliphatic rings. The molecule has 0 spiro atoms. The Bertz CT molecular complexity index is 660. The molecule has 0 unspecified atom stereocenters. The van der Waals surface area contributed by atoms with Crippen molar-refractivity contribution in [3.63, 3.8) is 0 Å². The monoisotopic (exact) mass is 342 g/mol. The Labute approximate surface area is 150 Å². The minimum atomic E-state index is -0.428. The van der Waals surface area contributed by atoms with E-state index in [1.165, 1.54) is 18.4 Å². The number of hydrogen-bond donors (Lipinski definition) is 1. The van der Waals surface area contributed by atoms with Crippen LogP contribution in [0.3, 0.4) is 0 Å². The first-order valence-corrected chi connectivity index (χ1v) is 9.77. The quantitative estimate of drug-likeness (QED) is 0.846.